The van der Waals surface area contributed by atoms with Gasteiger partial charge in [-0.15, -0.1) is 0 Å². The highest BCUT2D eigenvalue weighted by atomic mass is 16.5. The largest absolute Gasteiger partial charge is 0.490 e. The van der Waals surface area contributed by atoms with Gasteiger partial charge < -0.3 is 15.4 Å². The maximum atomic E-state index is 12.7. The van der Waals surface area contributed by atoms with Crippen LogP contribution < -0.4 is 10.5 Å². The summed E-state index contributed by atoms with van der Waals surface area (Å²) < 4.78 is 5.71. The number of unbranched alkanes of at least 4 members (excludes halogenated alkanes) is 4. The number of primary amides is 1. The van der Waals surface area contributed by atoms with Gasteiger partial charge in [0.2, 0.25) is 11.8 Å². The van der Waals surface area contributed by atoms with Gasteiger partial charge in [0.25, 0.3) is 0 Å². The summed E-state index contributed by atoms with van der Waals surface area (Å²) in [4.78, 5) is 25.5. The molecule has 2 N–H and O–H groups in total. The average molecular weight is 387 g/mol. The molecule has 0 fully saturated rings. The Hall–Kier alpha value is -2.30. The van der Waals surface area contributed by atoms with Gasteiger partial charge in [0.05, 0.1) is 0 Å². The molecule has 5 nitrogen and oxygen atoms in total. The average Bonchev–Trinajstić information content (AvgIpc) is 2.69. The van der Waals surface area contributed by atoms with E-state index in [0.29, 0.717) is 26.0 Å². The fourth-order valence-electron chi connectivity index (χ4n) is 3.36. The Morgan fingerprint density at radius 2 is 1.75 bits per heavy atom. The van der Waals surface area contributed by atoms with E-state index in [1.807, 2.05) is 35.2 Å². The summed E-state index contributed by atoms with van der Waals surface area (Å²) in [5.74, 6) is 0.879. The van der Waals surface area contributed by atoms with Crippen molar-refractivity contribution in [2.24, 2.45) is 5.73 Å². The summed E-state index contributed by atoms with van der Waals surface area (Å²) in [5, 5.41) is 0. The lowest BCUT2D eigenvalue weighted by Crippen LogP contribution is -2.31. The van der Waals surface area contributed by atoms with Crippen molar-refractivity contribution in [2.45, 2.75) is 70.8 Å². The number of carbonyl (C=O) groups excluding carboxylic acids is 2. The van der Waals surface area contributed by atoms with Crippen LogP contribution in [0.2, 0.25) is 0 Å². The summed E-state index contributed by atoms with van der Waals surface area (Å²) in [5.41, 5.74) is 6.30. The van der Waals surface area contributed by atoms with E-state index < -0.39 is 0 Å². The standard InChI is InChI=1S/C23H34N2O3/c24-22(26)11-7-3-1-5-9-17-25-19-20-13-15-21(16-14-20)28-18-10-6-2-4-8-12-23(25)27/h6,10,13-16H,1-5,7-9,11-12,17-19H2,(H2,24,26)/b10-6+. The Kier molecular flexibility index (Phi) is 10.2. The number of nitrogens with zero attached hydrogens (tertiary/aromatic N) is 1. The van der Waals surface area contributed by atoms with Crippen molar-refractivity contribution in [1.29, 1.82) is 0 Å². The molecule has 1 aromatic rings. The smallest absolute Gasteiger partial charge is 0.222 e. The molecule has 5 heteroatoms. The van der Waals surface area contributed by atoms with Gasteiger partial charge in [-0.3, -0.25) is 9.59 Å². The molecule has 0 radical (unpaired) electrons. The normalized spacial score (nSPS) is 16.9. The molecule has 154 valence electrons. The van der Waals surface area contributed by atoms with Crippen molar-refractivity contribution in [3.63, 3.8) is 0 Å². The second-order valence-electron chi connectivity index (χ2n) is 7.47. The number of nitrogens with two attached hydrogens (primary N) is 1. The second kappa shape index (κ2) is 13.0. The van der Waals surface area contributed by atoms with E-state index in [-0.39, 0.29) is 11.8 Å². The topological polar surface area (TPSA) is 72.6 Å². The molecule has 2 aliphatic heterocycles. The minimum atomic E-state index is -0.223. The van der Waals surface area contributed by atoms with Crippen molar-refractivity contribution in [3.05, 3.63) is 42.0 Å². The van der Waals surface area contributed by atoms with Gasteiger partial charge >= 0.3 is 0 Å². The Labute approximate surface area is 168 Å². The van der Waals surface area contributed by atoms with E-state index >= 15 is 0 Å². The maximum Gasteiger partial charge on any atom is 0.222 e. The second-order valence-corrected chi connectivity index (χ2v) is 7.47. The number of carbonyl (C=O) groups is 2. The summed E-state index contributed by atoms with van der Waals surface area (Å²) >= 11 is 0. The highest BCUT2D eigenvalue weighted by molar-refractivity contribution is 5.76. The lowest BCUT2D eigenvalue weighted by molar-refractivity contribution is -0.132. The monoisotopic (exact) mass is 386 g/mol. The van der Waals surface area contributed by atoms with Crippen LogP contribution in [0, 0.1) is 0 Å². The molecule has 2 bridgehead atoms. The predicted molar refractivity (Wildman–Crippen MR) is 112 cm³/mol. The molecule has 28 heavy (non-hydrogen) atoms. The Balaban J connectivity index is 1.86. The minimum absolute atomic E-state index is 0.223. The zero-order valence-corrected chi connectivity index (χ0v) is 16.9. The lowest BCUT2D eigenvalue weighted by Gasteiger charge is -2.23. The number of hydrogen-bond acceptors (Lipinski definition) is 3. The van der Waals surface area contributed by atoms with Gasteiger partial charge in [0, 0.05) is 25.9 Å². The number of fused-ring (bicyclic) bond motifs is 11. The molecule has 2 aliphatic rings. The highest BCUT2D eigenvalue weighted by Crippen LogP contribution is 2.16. The van der Waals surface area contributed by atoms with E-state index in [1.165, 1.54) is 0 Å². The van der Waals surface area contributed by atoms with Gasteiger partial charge in [0.15, 0.2) is 0 Å². The first-order chi connectivity index (χ1) is 13.6. The summed E-state index contributed by atoms with van der Waals surface area (Å²) in [6.07, 6.45) is 13.2. The number of ether oxygens (including phenoxy) is 1. The predicted octanol–water partition coefficient (Wildman–Crippen LogP) is 4.35. The van der Waals surface area contributed by atoms with Crippen molar-refractivity contribution in [1.82, 2.24) is 4.90 Å². The van der Waals surface area contributed by atoms with Crippen molar-refractivity contribution in [2.75, 3.05) is 13.2 Å². The van der Waals surface area contributed by atoms with Gasteiger partial charge in [-0.25, -0.2) is 0 Å². The van der Waals surface area contributed by atoms with Crippen LogP contribution in [-0.2, 0) is 16.1 Å². The molecule has 0 atom stereocenters. The summed E-state index contributed by atoms with van der Waals surface area (Å²) in [7, 11) is 0. The number of allylic oxidation sites excluding steroid dienone is 1. The fraction of sp³-hybridized carbons (Fsp3) is 0.565. The number of amides is 2. The Bertz CT molecular complexity index is 625. The van der Waals surface area contributed by atoms with Crippen molar-refractivity contribution >= 4 is 11.8 Å². The quantitative estimate of drug-likeness (QED) is 0.533. The third-order valence-electron chi connectivity index (χ3n) is 5.03. The zero-order valence-electron chi connectivity index (χ0n) is 16.9. The van der Waals surface area contributed by atoms with Gasteiger partial charge in [0.1, 0.15) is 12.4 Å². The lowest BCUT2D eigenvalue weighted by atomic mass is 10.1. The number of rotatable bonds is 8. The van der Waals surface area contributed by atoms with Gasteiger partial charge in [-0.05, 0) is 49.8 Å². The molecule has 0 aliphatic carbocycles. The first-order valence-corrected chi connectivity index (χ1v) is 10.6. The molecular formula is C23H34N2O3. The molecule has 0 aromatic heterocycles. The van der Waals surface area contributed by atoms with Crippen LogP contribution in [0.25, 0.3) is 0 Å². The van der Waals surface area contributed by atoms with Crippen LogP contribution in [0.3, 0.4) is 0 Å². The molecule has 0 saturated heterocycles. The van der Waals surface area contributed by atoms with Gasteiger partial charge in [-0.2, -0.15) is 0 Å². The fourth-order valence-corrected chi connectivity index (χ4v) is 3.36. The first-order valence-electron chi connectivity index (χ1n) is 10.6. The molecule has 3 rings (SSSR count). The number of hydrogen-bond donors (Lipinski definition) is 1. The third-order valence-corrected chi connectivity index (χ3v) is 5.03. The van der Waals surface area contributed by atoms with E-state index in [9.17, 15) is 9.59 Å². The van der Waals surface area contributed by atoms with Crippen molar-refractivity contribution in [3.8, 4) is 5.75 Å². The first kappa shape index (κ1) is 22.0. The van der Waals surface area contributed by atoms with Crippen LogP contribution in [-0.4, -0.2) is 29.9 Å². The maximum absolute atomic E-state index is 12.7. The molecule has 0 unspecified atom stereocenters. The molecule has 0 spiro atoms. The molecule has 1 aromatic carbocycles. The zero-order chi connectivity index (χ0) is 20.0. The van der Waals surface area contributed by atoms with Crippen LogP contribution in [0.15, 0.2) is 36.4 Å². The van der Waals surface area contributed by atoms with E-state index in [2.05, 4.69) is 6.08 Å². The van der Waals surface area contributed by atoms with E-state index in [4.69, 9.17) is 10.5 Å². The van der Waals surface area contributed by atoms with Crippen LogP contribution >= 0.6 is 0 Å². The minimum Gasteiger partial charge on any atom is -0.490 e. The third kappa shape index (κ3) is 9.07. The van der Waals surface area contributed by atoms with Crippen LogP contribution in [0.5, 0.6) is 5.75 Å². The van der Waals surface area contributed by atoms with Gasteiger partial charge in [-0.1, -0.05) is 43.5 Å². The molecule has 2 amide bonds. The van der Waals surface area contributed by atoms with E-state index in [1.54, 1.807) is 0 Å². The van der Waals surface area contributed by atoms with Crippen LogP contribution in [0.1, 0.15) is 69.8 Å². The summed E-state index contributed by atoms with van der Waals surface area (Å²) in [6, 6.07) is 8.04. The summed E-state index contributed by atoms with van der Waals surface area (Å²) in [6.45, 7) is 2.02. The molecule has 2 heterocycles. The Morgan fingerprint density at radius 3 is 2.54 bits per heavy atom. The van der Waals surface area contributed by atoms with Crippen LogP contribution in [0.4, 0.5) is 0 Å². The van der Waals surface area contributed by atoms with E-state index in [0.717, 1.165) is 69.2 Å². The Morgan fingerprint density at radius 1 is 1.00 bits per heavy atom. The molecular weight excluding hydrogens is 352 g/mol. The van der Waals surface area contributed by atoms with Crippen molar-refractivity contribution < 1.29 is 14.3 Å². The SMILES string of the molecule is NC(=O)CCCCCCCN1Cc2ccc(cc2)OC/C=C/CCCCC1=O. The molecule has 0 saturated carbocycles. The number of benzene rings is 1. The highest BCUT2D eigenvalue weighted by Gasteiger charge is 2.14.